The fourth-order valence-corrected chi connectivity index (χ4v) is 2.54. The summed E-state index contributed by atoms with van der Waals surface area (Å²) in [6.07, 6.45) is 0.443. The second-order valence-electron chi connectivity index (χ2n) is 5.57. The zero-order valence-electron chi connectivity index (χ0n) is 12.6. The molecule has 0 bridgehead atoms. The predicted molar refractivity (Wildman–Crippen MR) is 79.8 cm³/mol. The molecule has 0 N–H and O–H groups in total. The van der Waals surface area contributed by atoms with Crippen LogP contribution in [0, 0.1) is 0 Å². The van der Waals surface area contributed by atoms with E-state index >= 15 is 0 Å². The lowest BCUT2D eigenvalue weighted by molar-refractivity contribution is -0.135. The van der Waals surface area contributed by atoms with E-state index < -0.39 is 0 Å². The van der Waals surface area contributed by atoms with Crippen LogP contribution in [0.4, 0.5) is 0 Å². The molecular weight excluding hydrogens is 252 g/mol. The molecule has 2 unspecified atom stereocenters. The van der Waals surface area contributed by atoms with Crippen molar-refractivity contribution in [3.8, 4) is 5.75 Å². The summed E-state index contributed by atoms with van der Waals surface area (Å²) < 4.78 is 5.58. The number of rotatable bonds is 4. The van der Waals surface area contributed by atoms with Crippen molar-refractivity contribution in [2.24, 2.45) is 0 Å². The van der Waals surface area contributed by atoms with Gasteiger partial charge in [0.25, 0.3) is 0 Å². The Hall–Kier alpha value is -1.55. The zero-order chi connectivity index (χ0) is 14.5. The smallest absolute Gasteiger partial charge is 0.226 e. The molecule has 0 aliphatic carbocycles. The van der Waals surface area contributed by atoms with Crippen molar-refractivity contribution in [3.63, 3.8) is 0 Å². The van der Waals surface area contributed by atoms with Crippen LogP contribution in [-0.2, 0) is 4.79 Å². The number of carbonyl (C=O) groups is 1. The summed E-state index contributed by atoms with van der Waals surface area (Å²) >= 11 is 0. The van der Waals surface area contributed by atoms with Gasteiger partial charge in [-0.15, -0.1) is 0 Å². The second-order valence-corrected chi connectivity index (χ2v) is 5.57. The van der Waals surface area contributed by atoms with Gasteiger partial charge in [0.2, 0.25) is 5.91 Å². The normalized spacial score (nSPS) is 23.6. The second kappa shape index (κ2) is 6.75. The van der Waals surface area contributed by atoms with Gasteiger partial charge in [-0.05, 0) is 33.0 Å². The Morgan fingerprint density at radius 1 is 1.20 bits per heavy atom. The lowest BCUT2D eigenvalue weighted by atomic mass is 10.1. The van der Waals surface area contributed by atoms with E-state index in [0.29, 0.717) is 25.1 Å². The third-order valence-electron chi connectivity index (χ3n) is 4.04. The topological polar surface area (TPSA) is 32.8 Å². The number of piperazine rings is 1. The Bertz CT molecular complexity index is 423. The van der Waals surface area contributed by atoms with E-state index in [1.54, 1.807) is 0 Å². The Morgan fingerprint density at radius 3 is 2.40 bits per heavy atom. The highest BCUT2D eigenvalue weighted by Crippen LogP contribution is 2.14. The van der Waals surface area contributed by atoms with Crippen LogP contribution in [-0.4, -0.2) is 54.5 Å². The highest BCUT2D eigenvalue weighted by atomic mass is 16.5. The molecule has 20 heavy (non-hydrogen) atoms. The van der Waals surface area contributed by atoms with Crippen LogP contribution in [0.5, 0.6) is 5.75 Å². The molecule has 0 aromatic heterocycles. The van der Waals surface area contributed by atoms with Crippen molar-refractivity contribution in [2.45, 2.75) is 32.4 Å². The van der Waals surface area contributed by atoms with Crippen molar-refractivity contribution in [2.75, 3.05) is 26.7 Å². The van der Waals surface area contributed by atoms with Gasteiger partial charge < -0.3 is 9.64 Å². The van der Waals surface area contributed by atoms with Crippen molar-refractivity contribution in [3.05, 3.63) is 30.3 Å². The number of nitrogens with zero attached hydrogens (tertiary/aromatic N) is 2. The molecule has 1 aliphatic heterocycles. The van der Waals surface area contributed by atoms with E-state index in [4.69, 9.17) is 4.74 Å². The van der Waals surface area contributed by atoms with Gasteiger partial charge >= 0.3 is 0 Å². The predicted octanol–water partition coefficient (Wildman–Crippen LogP) is 2.01. The summed E-state index contributed by atoms with van der Waals surface area (Å²) in [6, 6.07) is 10.5. The minimum Gasteiger partial charge on any atom is -0.493 e. The van der Waals surface area contributed by atoms with Crippen LogP contribution in [0.3, 0.4) is 0 Å². The molecule has 1 fully saturated rings. The first kappa shape index (κ1) is 14.9. The highest BCUT2D eigenvalue weighted by Gasteiger charge is 2.28. The van der Waals surface area contributed by atoms with E-state index in [1.165, 1.54) is 0 Å². The molecule has 1 aliphatic rings. The van der Waals surface area contributed by atoms with Crippen molar-refractivity contribution < 1.29 is 9.53 Å². The third kappa shape index (κ3) is 3.73. The maximum absolute atomic E-state index is 12.2. The average Bonchev–Trinajstić information content (AvgIpc) is 2.45. The standard InChI is InChI=1S/C16H24N2O2/c1-13-11-18(12-14(2)17(13)3)16(19)9-10-20-15-7-5-4-6-8-15/h4-8,13-14H,9-12H2,1-3H3. The molecule has 0 radical (unpaired) electrons. The highest BCUT2D eigenvalue weighted by molar-refractivity contribution is 5.76. The zero-order valence-corrected chi connectivity index (χ0v) is 12.6. The maximum Gasteiger partial charge on any atom is 0.226 e. The number of benzene rings is 1. The SMILES string of the molecule is CC1CN(C(=O)CCOc2ccccc2)CC(C)N1C. The van der Waals surface area contributed by atoms with Crippen molar-refractivity contribution in [1.82, 2.24) is 9.80 Å². The van der Waals surface area contributed by atoms with Gasteiger partial charge in [-0.25, -0.2) is 0 Å². The number of ether oxygens (including phenoxy) is 1. The monoisotopic (exact) mass is 276 g/mol. The summed E-state index contributed by atoms with van der Waals surface area (Å²) in [5.74, 6) is 1.01. The molecule has 0 spiro atoms. The van der Waals surface area contributed by atoms with Gasteiger partial charge in [0.15, 0.2) is 0 Å². The average molecular weight is 276 g/mol. The molecule has 1 aromatic rings. The minimum absolute atomic E-state index is 0.188. The van der Waals surface area contributed by atoms with Gasteiger partial charge in [0.05, 0.1) is 13.0 Å². The molecule has 110 valence electrons. The van der Waals surface area contributed by atoms with Crippen LogP contribution >= 0.6 is 0 Å². The first-order valence-electron chi connectivity index (χ1n) is 7.25. The largest absolute Gasteiger partial charge is 0.493 e. The molecule has 4 heteroatoms. The van der Waals surface area contributed by atoms with Gasteiger partial charge in [-0.1, -0.05) is 18.2 Å². The van der Waals surface area contributed by atoms with Gasteiger partial charge in [-0.3, -0.25) is 9.69 Å². The van der Waals surface area contributed by atoms with Crippen LogP contribution in [0.15, 0.2) is 30.3 Å². The van der Waals surface area contributed by atoms with Crippen LogP contribution < -0.4 is 4.74 Å². The van der Waals surface area contributed by atoms with E-state index in [0.717, 1.165) is 18.8 Å². The van der Waals surface area contributed by atoms with E-state index in [2.05, 4.69) is 25.8 Å². The summed E-state index contributed by atoms with van der Waals surface area (Å²) in [5.41, 5.74) is 0. The fourth-order valence-electron chi connectivity index (χ4n) is 2.54. The van der Waals surface area contributed by atoms with E-state index in [9.17, 15) is 4.79 Å². The molecular formula is C16H24N2O2. The van der Waals surface area contributed by atoms with Gasteiger partial charge in [0.1, 0.15) is 5.75 Å². The fraction of sp³-hybridized carbons (Fsp3) is 0.562. The number of likely N-dealkylation sites (N-methyl/N-ethyl adjacent to an activating group) is 1. The summed E-state index contributed by atoms with van der Waals surface area (Å²) in [5, 5.41) is 0. The Balaban J connectivity index is 1.77. The first-order valence-corrected chi connectivity index (χ1v) is 7.25. The first-order chi connectivity index (χ1) is 9.58. The molecule has 0 saturated carbocycles. The lowest BCUT2D eigenvalue weighted by Crippen LogP contribution is -2.56. The van der Waals surface area contributed by atoms with Crippen LogP contribution in [0.25, 0.3) is 0 Å². The molecule has 1 aromatic carbocycles. The van der Waals surface area contributed by atoms with Crippen LogP contribution in [0.2, 0.25) is 0 Å². The van der Waals surface area contributed by atoms with Crippen molar-refractivity contribution in [1.29, 1.82) is 0 Å². The molecule has 1 saturated heterocycles. The molecule has 1 heterocycles. The molecule has 4 nitrogen and oxygen atoms in total. The third-order valence-corrected chi connectivity index (χ3v) is 4.04. The van der Waals surface area contributed by atoms with Gasteiger partial charge in [-0.2, -0.15) is 0 Å². The van der Waals surface area contributed by atoms with E-state index in [-0.39, 0.29) is 5.91 Å². The number of carbonyl (C=O) groups excluding carboxylic acids is 1. The van der Waals surface area contributed by atoms with Crippen molar-refractivity contribution >= 4 is 5.91 Å². The van der Waals surface area contributed by atoms with E-state index in [1.807, 2.05) is 35.2 Å². The molecule has 1 amide bonds. The number of amides is 1. The Labute approximate surface area is 121 Å². The molecule has 2 rings (SSSR count). The summed E-state index contributed by atoms with van der Waals surface area (Å²) in [4.78, 5) is 16.5. The summed E-state index contributed by atoms with van der Waals surface area (Å²) in [6.45, 7) is 6.39. The Kier molecular flexibility index (Phi) is 5.01. The number of hydrogen-bond acceptors (Lipinski definition) is 3. The molecule has 2 atom stereocenters. The van der Waals surface area contributed by atoms with Gasteiger partial charge in [0, 0.05) is 25.2 Å². The van der Waals surface area contributed by atoms with Crippen LogP contribution in [0.1, 0.15) is 20.3 Å². The number of para-hydroxylation sites is 1. The minimum atomic E-state index is 0.188. The summed E-state index contributed by atoms with van der Waals surface area (Å²) in [7, 11) is 2.12. The number of hydrogen-bond donors (Lipinski definition) is 0. The Morgan fingerprint density at radius 2 is 1.80 bits per heavy atom. The maximum atomic E-state index is 12.2. The lowest BCUT2D eigenvalue weighted by Gasteiger charge is -2.42. The quantitative estimate of drug-likeness (QED) is 0.843.